The Bertz CT molecular complexity index is 832. The van der Waals surface area contributed by atoms with Crippen LogP contribution < -0.4 is 4.90 Å². The van der Waals surface area contributed by atoms with Gasteiger partial charge in [0, 0.05) is 14.1 Å². The molecule has 0 aliphatic rings. The number of fused-ring (bicyclic) bond motifs is 1. The molecule has 1 N–H and O–H groups in total. The summed E-state index contributed by atoms with van der Waals surface area (Å²) in [5.41, 5.74) is 3.59. The summed E-state index contributed by atoms with van der Waals surface area (Å²) in [4.78, 5) is 5.08. The molecule has 0 bridgehead atoms. The number of rotatable bonds is 2. The van der Waals surface area contributed by atoms with Crippen molar-refractivity contribution in [1.29, 1.82) is 0 Å². The minimum atomic E-state index is -0.276. The van der Waals surface area contributed by atoms with Crippen molar-refractivity contribution in [3.05, 3.63) is 53.1 Å². The zero-order valence-corrected chi connectivity index (χ0v) is 12.0. The maximum absolute atomic E-state index is 13.3. The fourth-order valence-corrected chi connectivity index (χ4v) is 2.66. The van der Waals surface area contributed by atoms with E-state index < -0.39 is 0 Å². The van der Waals surface area contributed by atoms with Gasteiger partial charge < -0.3 is 9.88 Å². The number of imidazole rings is 1. The van der Waals surface area contributed by atoms with Gasteiger partial charge in [0.05, 0.1) is 22.4 Å². The van der Waals surface area contributed by atoms with Crippen molar-refractivity contribution in [2.45, 2.75) is 0 Å². The topological polar surface area (TPSA) is 24.0 Å². The molecule has 0 spiro atoms. The molecular formula is C15H14FN3S. The molecule has 0 saturated carbocycles. The van der Waals surface area contributed by atoms with Crippen molar-refractivity contribution >= 4 is 28.9 Å². The van der Waals surface area contributed by atoms with Gasteiger partial charge in [0.15, 0.2) is 4.77 Å². The first-order valence-corrected chi connectivity index (χ1v) is 6.66. The first kappa shape index (κ1) is 12.9. The Kier molecular flexibility index (Phi) is 3.06. The van der Waals surface area contributed by atoms with Crippen molar-refractivity contribution in [3.8, 4) is 5.69 Å². The smallest absolute Gasteiger partial charge is 0.182 e. The van der Waals surface area contributed by atoms with E-state index in [4.69, 9.17) is 12.2 Å². The number of para-hydroxylation sites is 2. The monoisotopic (exact) mass is 287 g/mol. The molecule has 3 rings (SSSR count). The molecule has 0 fully saturated rings. The van der Waals surface area contributed by atoms with Gasteiger partial charge in [-0.05, 0) is 42.5 Å². The van der Waals surface area contributed by atoms with Crippen molar-refractivity contribution in [1.82, 2.24) is 9.55 Å². The first-order chi connectivity index (χ1) is 9.58. The van der Waals surface area contributed by atoms with E-state index in [2.05, 4.69) is 4.98 Å². The molecule has 0 unspecified atom stereocenters. The van der Waals surface area contributed by atoms with Gasteiger partial charge in [0.1, 0.15) is 5.82 Å². The van der Waals surface area contributed by atoms with Crippen LogP contribution in [0.25, 0.3) is 16.7 Å². The first-order valence-electron chi connectivity index (χ1n) is 6.25. The van der Waals surface area contributed by atoms with Gasteiger partial charge in [-0.3, -0.25) is 4.57 Å². The maximum Gasteiger partial charge on any atom is 0.182 e. The Morgan fingerprint density at radius 2 is 1.90 bits per heavy atom. The molecule has 3 aromatic rings. The number of nitrogens with zero attached hydrogens (tertiary/aromatic N) is 2. The summed E-state index contributed by atoms with van der Waals surface area (Å²) in [5.74, 6) is -0.276. The minimum absolute atomic E-state index is 0.276. The number of hydrogen-bond acceptors (Lipinski definition) is 2. The van der Waals surface area contributed by atoms with Crippen LogP contribution in [0.4, 0.5) is 10.1 Å². The van der Waals surface area contributed by atoms with Crippen LogP contribution in [0.3, 0.4) is 0 Å². The lowest BCUT2D eigenvalue weighted by Gasteiger charge is -2.18. The number of halogens is 1. The van der Waals surface area contributed by atoms with Gasteiger partial charge in [-0.1, -0.05) is 12.1 Å². The van der Waals surface area contributed by atoms with E-state index in [1.807, 2.05) is 47.8 Å². The lowest BCUT2D eigenvalue weighted by atomic mass is 10.2. The van der Waals surface area contributed by atoms with Gasteiger partial charge in [-0.2, -0.15) is 0 Å². The van der Waals surface area contributed by atoms with Crippen molar-refractivity contribution in [3.63, 3.8) is 0 Å². The lowest BCUT2D eigenvalue weighted by Crippen LogP contribution is -2.12. The van der Waals surface area contributed by atoms with Crippen molar-refractivity contribution in [2.24, 2.45) is 0 Å². The summed E-state index contributed by atoms with van der Waals surface area (Å²) in [6.45, 7) is 0. The largest absolute Gasteiger partial charge is 0.376 e. The Hall–Kier alpha value is -2.14. The molecule has 1 aromatic heterocycles. The number of benzene rings is 2. The summed E-state index contributed by atoms with van der Waals surface area (Å²) in [5, 5.41) is 0. The summed E-state index contributed by atoms with van der Waals surface area (Å²) in [6.07, 6.45) is 0. The van der Waals surface area contributed by atoms with Crippen LogP contribution in [-0.2, 0) is 0 Å². The molecule has 102 valence electrons. The van der Waals surface area contributed by atoms with Gasteiger partial charge >= 0.3 is 0 Å². The number of aromatic amines is 1. The van der Waals surface area contributed by atoms with Crippen LogP contribution in [0.2, 0.25) is 0 Å². The third-order valence-electron chi connectivity index (χ3n) is 3.25. The molecule has 0 aliphatic heterocycles. The van der Waals surface area contributed by atoms with Crippen LogP contribution in [0.5, 0.6) is 0 Å². The van der Waals surface area contributed by atoms with Crippen LogP contribution in [0.1, 0.15) is 0 Å². The average molecular weight is 287 g/mol. The quantitative estimate of drug-likeness (QED) is 0.723. The lowest BCUT2D eigenvalue weighted by molar-refractivity contribution is 0.629. The van der Waals surface area contributed by atoms with Crippen LogP contribution in [0.15, 0.2) is 42.5 Å². The zero-order valence-electron chi connectivity index (χ0n) is 11.2. The highest BCUT2D eigenvalue weighted by atomic mass is 32.1. The molecule has 1 heterocycles. The molecule has 20 heavy (non-hydrogen) atoms. The molecule has 0 radical (unpaired) electrons. The fourth-order valence-electron chi connectivity index (χ4n) is 2.35. The van der Waals surface area contributed by atoms with Crippen molar-refractivity contribution in [2.75, 3.05) is 19.0 Å². The zero-order chi connectivity index (χ0) is 14.3. The van der Waals surface area contributed by atoms with Gasteiger partial charge in [-0.25, -0.2) is 4.39 Å². The highest BCUT2D eigenvalue weighted by Gasteiger charge is 2.11. The molecular weight excluding hydrogens is 273 g/mol. The maximum atomic E-state index is 13.3. The van der Waals surface area contributed by atoms with Crippen LogP contribution in [0, 0.1) is 10.6 Å². The summed E-state index contributed by atoms with van der Waals surface area (Å²) >= 11 is 5.39. The molecule has 0 atom stereocenters. The molecule has 3 nitrogen and oxygen atoms in total. The number of hydrogen-bond donors (Lipinski definition) is 1. The van der Waals surface area contributed by atoms with Gasteiger partial charge in [0.25, 0.3) is 0 Å². The van der Waals surface area contributed by atoms with Gasteiger partial charge in [0.2, 0.25) is 0 Å². The summed E-state index contributed by atoms with van der Waals surface area (Å²) in [7, 11) is 3.97. The SMILES string of the molecule is CN(C)c1ccccc1-n1c(=S)[nH]c2cc(F)ccc21. The van der Waals surface area contributed by atoms with Crippen LogP contribution >= 0.6 is 12.2 Å². The minimum Gasteiger partial charge on any atom is -0.376 e. The standard InChI is InChI=1S/C15H14FN3S/c1-18(2)13-5-3-4-6-14(13)19-12-8-7-10(16)9-11(12)17-15(19)20/h3-9H,1-2H3,(H,17,20). The van der Waals surface area contributed by atoms with E-state index in [1.54, 1.807) is 6.07 Å². The number of aromatic nitrogens is 2. The number of anilines is 1. The average Bonchev–Trinajstić information content (AvgIpc) is 2.73. The Morgan fingerprint density at radius 3 is 2.65 bits per heavy atom. The predicted molar refractivity (Wildman–Crippen MR) is 82.7 cm³/mol. The fraction of sp³-hybridized carbons (Fsp3) is 0.133. The summed E-state index contributed by atoms with van der Waals surface area (Å²) in [6, 6.07) is 12.6. The molecule has 2 aromatic carbocycles. The highest BCUT2D eigenvalue weighted by molar-refractivity contribution is 7.71. The van der Waals surface area contributed by atoms with Gasteiger partial charge in [-0.15, -0.1) is 0 Å². The van der Waals surface area contributed by atoms with E-state index in [9.17, 15) is 4.39 Å². The number of H-pyrrole nitrogens is 1. The Labute approximate surface area is 121 Å². The number of nitrogens with one attached hydrogen (secondary N) is 1. The van der Waals surface area contributed by atoms with E-state index in [-0.39, 0.29) is 5.82 Å². The molecule has 0 amide bonds. The van der Waals surface area contributed by atoms with E-state index in [0.717, 1.165) is 16.9 Å². The Morgan fingerprint density at radius 1 is 1.15 bits per heavy atom. The van der Waals surface area contributed by atoms with Crippen LogP contribution in [-0.4, -0.2) is 23.6 Å². The van der Waals surface area contributed by atoms with Crippen molar-refractivity contribution < 1.29 is 4.39 Å². The summed E-state index contributed by atoms with van der Waals surface area (Å²) < 4.78 is 15.8. The Balaban J connectivity index is 2.36. The predicted octanol–water partition coefficient (Wildman–Crippen LogP) is 3.89. The van der Waals surface area contributed by atoms with E-state index in [0.29, 0.717) is 10.3 Å². The second kappa shape index (κ2) is 4.76. The second-order valence-electron chi connectivity index (χ2n) is 4.81. The molecule has 0 aliphatic carbocycles. The normalized spacial score (nSPS) is 10.9. The third-order valence-corrected chi connectivity index (χ3v) is 3.53. The third kappa shape index (κ3) is 2.00. The highest BCUT2D eigenvalue weighted by Crippen LogP contribution is 2.27. The molecule has 5 heteroatoms. The second-order valence-corrected chi connectivity index (χ2v) is 5.20. The van der Waals surface area contributed by atoms with E-state index >= 15 is 0 Å². The van der Waals surface area contributed by atoms with E-state index in [1.165, 1.54) is 12.1 Å². The molecule has 0 saturated heterocycles.